The molecule has 0 N–H and O–H groups in total. The molecule has 10 rings (SSSR count). The molecule has 4 nitrogen and oxygen atoms in total. The Balaban J connectivity index is 1.19. The number of fused-ring (bicyclic) bond motifs is 12. The highest BCUT2D eigenvalue weighted by Crippen LogP contribution is 2.43. The lowest BCUT2D eigenvalue weighted by atomic mass is 9.99. The Bertz CT molecular complexity index is 2730. The molecule has 0 aliphatic rings. The van der Waals surface area contributed by atoms with Gasteiger partial charge in [0, 0.05) is 61.5 Å². The van der Waals surface area contributed by atoms with Crippen LogP contribution < -0.4 is 4.90 Å². The second kappa shape index (κ2) is 8.76. The van der Waals surface area contributed by atoms with Gasteiger partial charge in [-0.25, -0.2) is 0 Å². The van der Waals surface area contributed by atoms with Gasteiger partial charge in [-0.3, -0.25) is 0 Å². The summed E-state index contributed by atoms with van der Waals surface area (Å²) in [7, 11) is 0. The van der Waals surface area contributed by atoms with Crippen molar-refractivity contribution in [2.24, 2.45) is 0 Å². The molecule has 0 unspecified atom stereocenters. The summed E-state index contributed by atoms with van der Waals surface area (Å²) in [6, 6.07) is 48.2. The Hall–Kier alpha value is -6.00. The Morgan fingerprint density at radius 2 is 0.750 bits per heavy atom. The molecule has 0 aliphatic carbocycles. The van der Waals surface area contributed by atoms with Crippen LogP contribution in [0.5, 0.6) is 0 Å². The third-order valence-corrected chi connectivity index (χ3v) is 8.85. The second-order valence-corrected chi connectivity index (χ2v) is 11.3. The quantitative estimate of drug-likeness (QED) is 0.214. The van der Waals surface area contributed by atoms with E-state index in [1.54, 1.807) is 0 Å². The molecular formula is C40H23NO3. The maximum atomic E-state index is 6.55. The van der Waals surface area contributed by atoms with Crippen LogP contribution in [0.4, 0.5) is 17.1 Å². The van der Waals surface area contributed by atoms with Crippen LogP contribution in [-0.4, -0.2) is 0 Å². The first-order chi connectivity index (χ1) is 21.8. The Morgan fingerprint density at radius 3 is 1.45 bits per heavy atom. The SMILES string of the molecule is c1ccc(N(c2ccc3c(c2)oc2ccccc23)c2ccc3c(c2)oc2ccc4c(ccc5oc6ccccc6c54)c23)cc1. The van der Waals surface area contributed by atoms with Crippen molar-refractivity contribution in [1.29, 1.82) is 0 Å². The summed E-state index contributed by atoms with van der Waals surface area (Å²) >= 11 is 0. The largest absolute Gasteiger partial charge is 0.456 e. The Morgan fingerprint density at radius 1 is 0.295 bits per heavy atom. The van der Waals surface area contributed by atoms with Gasteiger partial charge >= 0.3 is 0 Å². The van der Waals surface area contributed by atoms with Crippen LogP contribution in [0, 0.1) is 0 Å². The number of anilines is 3. The van der Waals surface area contributed by atoms with Crippen LogP contribution in [0.2, 0.25) is 0 Å². The van der Waals surface area contributed by atoms with E-state index in [1.165, 1.54) is 0 Å². The van der Waals surface area contributed by atoms with Gasteiger partial charge in [-0.05, 0) is 83.6 Å². The van der Waals surface area contributed by atoms with Crippen molar-refractivity contribution in [2.45, 2.75) is 0 Å². The lowest BCUT2D eigenvalue weighted by molar-refractivity contribution is 0.668. The van der Waals surface area contributed by atoms with E-state index in [2.05, 4.69) is 108 Å². The average molecular weight is 566 g/mol. The molecule has 0 spiro atoms. The Kier molecular flexibility index (Phi) is 4.69. The standard InChI is InChI=1S/C40H23NO3/c1-2-8-24(9-3-1)41(25-14-16-28-27-10-4-6-12-33(27)43-37(28)22-25)26-15-17-32-38(23-26)44-36-21-19-29-30(40(32)36)18-20-35-39(29)31-11-5-7-13-34(31)42-35/h1-23H. The first-order valence-electron chi connectivity index (χ1n) is 14.8. The highest BCUT2D eigenvalue weighted by Gasteiger charge is 2.19. The van der Waals surface area contributed by atoms with E-state index in [9.17, 15) is 0 Å². The predicted molar refractivity (Wildman–Crippen MR) is 180 cm³/mol. The first kappa shape index (κ1) is 23.6. The summed E-state index contributed by atoms with van der Waals surface area (Å²) in [6.45, 7) is 0. The van der Waals surface area contributed by atoms with Crippen molar-refractivity contribution >= 4 is 93.7 Å². The molecule has 0 bridgehead atoms. The molecule has 10 aromatic rings. The van der Waals surface area contributed by atoms with E-state index in [0.717, 1.165) is 93.7 Å². The molecule has 0 atom stereocenters. The van der Waals surface area contributed by atoms with Gasteiger partial charge in [-0.15, -0.1) is 0 Å². The van der Waals surface area contributed by atoms with Crippen molar-refractivity contribution in [3.8, 4) is 0 Å². The third-order valence-electron chi connectivity index (χ3n) is 8.85. The van der Waals surface area contributed by atoms with Crippen molar-refractivity contribution in [1.82, 2.24) is 0 Å². The lowest BCUT2D eigenvalue weighted by Gasteiger charge is -2.25. The molecule has 4 heteroatoms. The van der Waals surface area contributed by atoms with Crippen LogP contribution in [0.3, 0.4) is 0 Å². The monoisotopic (exact) mass is 565 g/mol. The summed E-state index contributed by atoms with van der Waals surface area (Å²) in [6.07, 6.45) is 0. The molecule has 0 saturated carbocycles. The van der Waals surface area contributed by atoms with Gasteiger partial charge in [-0.2, -0.15) is 0 Å². The molecule has 0 aliphatic heterocycles. The van der Waals surface area contributed by atoms with Gasteiger partial charge in [0.05, 0.1) is 0 Å². The van der Waals surface area contributed by atoms with Gasteiger partial charge < -0.3 is 18.2 Å². The zero-order valence-corrected chi connectivity index (χ0v) is 23.5. The van der Waals surface area contributed by atoms with Crippen LogP contribution in [0.25, 0.3) is 76.6 Å². The number of benzene rings is 7. The van der Waals surface area contributed by atoms with Crippen molar-refractivity contribution < 1.29 is 13.3 Å². The second-order valence-electron chi connectivity index (χ2n) is 11.3. The number of rotatable bonds is 3. The molecule has 0 amide bonds. The lowest BCUT2D eigenvalue weighted by Crippen LogP contribution is -2.09. The summed E-state index contributed by atoms with van der Waals surface area (Å²) < 4.78 is 19.0. The molecule has 206 valence electrons. The normalized spacial score (nSPS) is 12.1. The molecule has 3 heterocycles. The van der Waals surface area contributed by atoms with E-state index >= 15 is 0 Å². The molecule has 44 heavy (non-hydrogen) atoms. The summed E-state index contributed by atoms with van der Waals surface area (Å²) in [5.41, 5.74) is 8.33. The van der Waals surface area contributed by atoms with Gasteiger partial charge in [-0.1, -0.05) is 54.6 Å². The summed E-state index contributed by atoms with van der Waals surface area (Å²) in [5, 5.41) is 9.02. The van der Waals surface area contributed by atoms with Crippen LogP contribution >= 0.6 is 0 Å². The van der Waals surface area contributed by atoms with Gasteiger partial charge in [0.2, 0.25) is 0 Å². The zero-order valence-electron chi connectivity index (χ0n) is 23.5. The van der Waals surface area contributed by atoms with E-state index in [-0.39, 0.29) is 0 Å². The Labute approximate surface area is 250 Å². The molecule has 3 aromatic heterocycles. The average Bonchev–Trinajstić information content (AvgIpc) is 3.76. The fourth-order valence-corrected chi connectivity index (χ4v) is 6.91. The number of furan rings is 3. The third kappa shape index (κ3) is 3.28. The van der Waals surface area contributed by atoms with E-state index in [1.807, 2.05) is 36.4 Å². The highest BCUT2D eigenvalue weighted by molar-refractivity contribution is 6.27. The van der Waals surface area contributed by atoms with Crippen LogP contribution in [0.1, 0.15) is 0 Å². The highest BCUT2D eigenvalue weighted by atomic mass is 16.3. The van der Waals surface area contributed by atoms with Gasteiger partial charge in [0.1, 0.15) is 33.5 Å². The smallest absolute Gasteiger partial charge is 0.137 e. The zero-order chi connectivity index (χ0) is 28.8. The maximum absolute atomic E-state index is 6.55. The first-order valence-corrected chi connectivity index (χ1v) is 14.8. The predicted octanol–water partition coefficient (Wildman–Crippen LogP) is 12.0. The fourth-order valence-electron chi connectivity index (χ4n) is 6.91. The number of para-hydroxylation sites is 3. The van der Waals surface area contributed by atoms with Crippen molar-refractivity contribution in [3.63, 3.8) is 0 Å². The molecule has 0 radical (unpaired) electrons. The van der Waals surface area contributed by atoms with Crippen molar-refractivity contribution in [2.75, 3.05) is 4.90 Å². The van der Waals surface area contributed by atoms with Crippen molar-refractivity contribution in [3.05, 3.63) is 140 Å². The molecule has 0 saturated heterocycles. The summed E-state index contributed by atoms with van der Waals surface area (Å²) in [4.78, 5) is 2.25. The molecule has 7 aromatic carbocycles. The minimum Gasteiger partial charge on any atom is -0.456 e. The van der Waals surface area contributed by atoms with E-state index < -0.39 is 0 Å². The van der Waals surface area contributed by atoms with Gasteiger partial charge in [0.15, 0.2) is 0 Å². The van der Waals surface area contributed by atoms with Gasteiger partial charge in [0.25, 0.3) is 0 Å². The topological polar surface area (TPSA) is 42.7 Å². The number of hydrogen-bond acceptors (Lipinski definition) is 4. The minimum atomic E-state index is 0.841. The summed E-state index contributed by atoms with van der Waals surface area (Å²) in [5.74, 6) is 0. The fraction of sp³-hybridized carbons (Fsp3) is 0. The molecule has 0 fully saturated rings. The number of nitrogens with zero attached hydrogens (tertiary/aromatic N) is 1. The van der Waals surface area contributed by atoms with Crippen LogP contribution in [0.15, 0.2) is 153 Å². The minimum absolute atomic E-state index is 0.841. The molecular weight excluding hydrogens is 542 g/mol. The number of hydrogen-bond donors (Lipinski definition) is 0. The van der Waals surface area contributed by atoms with Crippen LogP contribution in [-0.2, 0) is 0 Å². The maximum Gasteiger partial charge on any atom is 0.137 e. The van der Waals surface area contributed by atoms with E-state index in [0.29, 0.717) is 0 Å². The van der Waals surface area contributed by atoms with E-state index in [4.69, 9.17) is 13.3 Å².